The Labute approximate surface area is 73.9 Å². The molecule has 0 aromatic carbocycles. The minimum Gasteiger partial charge on any atom is -0.393 e. The van der Waals surface area contributed by atoms with Gasteiger partial charge in [-0.1, -0.05) is 0 Å². The van der Waals surface area contributed by atoms with Gasteiger partial charge in [-0.3, -0.25) is 0 Å². The monoisotopic (exact) mass is 195 g/mol. The second-order valence-corrected chi connectivity index (χ2v) is 5.28. The van der Waals surface area contributed by atoms with E-state index in [-0.39, 0.29) is 11.9 Å². The summed E-state index contributed by atoms with van der Waals surface area (Å²) in [5, 5.41) is 11.8. The van der Waals surface area contributed by atoms with Crippen LogP contribution in [0.3, 0.4) is 0 Å². The third-order valence-electron chi connectivity index (χ3n) is 1.39. The third kappa shape index (κ3) is 9.87. The molecule has 12 heavy (non-hydrogen) atoms. The molecule has 0 aromatic heterocycles. The highest BCUT2D eigenvalue weighted by Crippen LogP contribution is 1.86. The van der Waals surface area contributed by atoms with Crippen molar-refractivity contribution in [1.82, 2.24) is 5.32 Å². The first-order valence-electron chi connectivity index (χ1n) is 3.98. The summed E-state index contributed by atoms with van der Waals surface area (Å²) in [7, 11) is -2.85. The Hall–Kier alpha value is -0.130. The number of sulfone groups is 1. The van der Waals surface area contributed by atoms with Gasteiger partial charge in [0.05, 0.1) is 11.9 Å². The molecule has 0 spiro atoms. The Morgan fingerprint density at radius 1 is 1.42 bits per heavy atom. The van der Waals surface area contributed by atoms with E-state index in [1.165, 1.54) is 6.26 Å². The summed E-state index contributed by atoms with van der Waals surface area (Å²) in [6.45, 7) is 2.83. The minimum absolute atomic E-state index is 0.160. The van der Waals surface area contributed by atoms with Crippen LogP contribution in [-0.4, -0.2) is 44.7 Å². The van der Waals surface area contributed by atoms with Crippen molar-refractivity contribution in [3.63, 3.8) is 0 Å². The van der Waals surface area contributed by atoms with Crippen LogP contribution < -0.4 is 5.32 Å². The Morgan fingerprint density at radius 2 is 2.00 bits per heavy atom. The van der Waals surface area contributed by atoms with Crippen LogP contribution in [0.2, 0.25) is 0 Å². The highest BCUT2D eigenvalue weighted by molar-refractivity contribution is 7.90. The molecule has 0 saturated heterocycles. The Balaban J connectivity index is 3.23. The molecular formula is C7H17NO3S. The number of hydrogen-bond acceptors (Lipinski definition) is 4. The van der Waals surface area contributed by atoms with Gasteiger partial charge in [-0.2, -0.15) is 0 Å². The van der Waals surface area contributed by atoms with Crippen LogP contribution in [0.25, 0.3) is 0 Å². The number of aliphatic hydroxyl groups excluding tert-OH is 1. The molecule has 74 valence electrons. The summed E-state index contributed by atoms with van der Waals surface area (Å²) in [5.41, 5.74) is 0. The van der Waals surface area contributed by atoms with Gasteiger partial charge in [0, 0.05) is 12.8 Å². The zero-order valence-corrected chi connectivity index (χ0v) is 8.39. The van der Waals surface area contributed by atoms with Crippen molar-refractivity contribution in [2.75, 3.05) is 25.1 Å². The molecule has 0 fully saturated rings. The lowest BCUT2D eigenvalue weighted by atomic mass is 10.3. The summed E-state index contributed by atoms with van der Waals surface area (Å²) < 4.78 is 21.3. The standard InChI is InChI=1S/C7H17NO3S/c1-7(9)3-4-8-5-6-12(2,10)11/h7-9H,3-6H2,1-2H3. The van der Waals surface area contributed by atoms with Crippen LogP contribution in [-0.2, 0) is 9.84 Å². The normalized spacial score (nSPS) is 14.6. The van der Waals surface area contributed by atoms with Gasteiger partial charge < -0.3 is 10.4 Å². The van der Waals surface area contributed by atoms with Gasteiger partial charge in [-0.25, -0.2) is 8.42 Å². The van der Waals surface area contributed by atoms with Crippen molar-refractivity contribution in [3.05, 3.63) is 0 Å². The summed E-state index contributed by atoms with van der Waals surface area (Å²) in [5.74, 6) is 0.160. The Bertz CT molecular complexity index is 199. The maximum Gasteiger partial charge on any atom is 0.148 e. The molecule has 0 radical (unpaired) electrons. The first kappa shape index (κ1) is 11.9. The van der Waals surface area contributed by atoms with Crippen molar-refractivity contribution in [2.45, 2.75) is 19.4 Å². The molecule has 4 nitrogen and oxygen atoms in total. The Morgan fingerprint density at radius 3 is 2.42 bits per heavy atom. The number of nitrogens with one attached hydrogen (secondary N) is 1. The van der Waals surface area contributed by atoms with Crippen LogP contribution in [0.15, 0.2) is 0 Å². The molecule has 0 bridgehead atoms. The number of hydrogen-bond donors (Lipinski definition) is 2. The van der Waals surface area contributed by atoms with Gasteiger partial charge in [0.25, 0.3) is 0 Å². The van der Waals surface area contributed by atoms with Crippen LogP contribution in [0.1, 0.15) is 13.3 Å². The van der Waals surface area contributed by atoms with Crippen LogP contribution >= 0.6 is 0 Å². The van der Waals surface area contributed by atoms with Crippen molar-refractivity contribution in [3.8, 4) is 0 Å². The highest BCUT2D eigenvalue weighted by atomic mass is 32.2. The molecule has 0 aliphatic rings. The van der Waals surface area contributed by atoms with E-state index < -0.39 is 9.84 Å². The molecule has 1 unspecified atom stereocenters. The van der Waals surface area contributed by atoms with Crippen molar-refractivity contribution >= 4 is 9.84 Å². The second-order valence-electron chi connectivity index (χ2n) is 3.02. The first-order chi connectivity index (χ1) is 5.42. The highest BCUT2D eigenvalue weighted by Gasteiger charge is 2.00. The van der Waals surface area contributed by atoms with Gasteiger partial charge in [-0.05, 0) is 19.9 Å². The molecule has 5 heteroatoms. The summed E-state index contributed by atoms with van der Waals surface area (Å²) in [4.78, 5) is 0. The zero-order valence-electron chi connectivity index (χ0n) is 7.58. The smallest absolute Gasteiger partial charge is 0.148 e. The SMILES string of the molecule is CC(O)CCNCCS(C)(=O)=O. The quantitative estimate of drug-likeness (QED) is 0.555. The topological polar surface area (TPSA) is 66.4 Å². The van der Waals surface area contributed by atoms with E-state index in [1.807, 2.05) is 0 Å². The summed E-state index contributed by atoms with van der Waals surface area (Å²) in [6, 6.07) is 0. The molecule has 0 aliphatic carbocycles. The summed E-state index contributed by atoms with van der Waals surface area (Å²) in [6.07, 6.45) is 1.54. The molecule has 0 amide bonds. The molecule has 2 N–H and O–H groups in total. The third-order valence-corrected chi connectivity index (χ3v) is 2.33. The van der Waals surface area contributed by atoms with Gasteiger partial charge in [0.1, 0.15) is 9.84 Å². The van der Waals surface area contributed by atoms with Gasteiger partial charge in [-0.15, -0.1) is 0 Å². The summed E-state index contributed by atoms with van der Waals surface area (Å²) >= 11 is 0. The zero-order chi connectivity index (χ0) is 9.61. The molecule has 0 aromatic rings. The van der Waals surface area contributed by atoms with E-state index in [9.17, 15) is 8.42 Å². The van der Waals surface area contributed by atoms with E-state index in [1.54, 1.807) is 6.92 Å². The molecule has 0 heterocycles. The predicted molar refractivity (Wildman–Crippen MR) is 48.9 cm³/mol. The first-order valence-corrected chi connectivity index (χ1v) is 6.04. The van der Waals surface area contributed by atoms with E-state index in [2.05, 4.69) is 5.32 Å². The van der Waals surface area contributed by atoms with Crippen molar-refractivity contribution in [1.29, 1.82) is 0 Å². The maximum atomic E-state index is 10.6. The number of rotatable bonds is 6. The van der Waals surface area contributed by atoms with E-state index in [4.69, 9.17) is 5.11 Å². The second kappa shape index (κ2) is 5.50. The van der Waals surface area contributed by atoms with Crippen molar-refractivity contribution in [2.24, 2.45) is 0 Å². The molecule has 0 saturated carbocycles. The Kier molecular flexibility index (Phi) is 5.44. The van der Waals surface area contributed by atoms with E-state index in [0.717, 1.165) is 0 Å². The van der Waals surface area contributed by atoms with E-state index >= 15 is 0 Å². The fourth-order valence-electron chi connectivity index (χ4n) is 0.694. The lowest BCUT2D eigenvalue weighted by Crippen LogP contribution is -2.25. The van der Waals surface area contributed by atoms with Gasteiger partial charge in [0.2, 0.25) is 0 Å². The van der Waals surface area contributed by atoms with Gasteiger partial charge in [0.15, 0.2) is 0 Å². The lowest BCUT2D eigenvalue weighted by molar-refractivity contribution is 0.184. The van der Waals surface area contributed by atoms with Crippen molar-refractivity contribution < 1.29 is 13.5 Å². The lowest BCUT2D eigenvalue weighted by Gasteiger charge is -2.05. The maximum absolute atomic E-state index is 10.6. The molecule has 0 aliphatic heterocycles. The average Bonchev–Trinajstić information content (AvgIpc) is 1.83. The fraction of sp³-hybridized carbons (Fsp3) is 1.00. The van der Waals surface area contributed by atoms with Crippen LogP contribution in [0.5, 0.6) is 0 Å². The molecule has 0 rings (SSSR count). The molecule has 1 atom stereocenters. The number of aliphatic hydroxyl groups is 1. The van der Waals surface area contributed by atoms with Crippen LogP contribution in [0, 0.1) is 0 Å². The average molecular weight is 195 g/mol. The van der Waals surface area contributed by atoms with Crippen LogP contribution in [0.4, 0.5) is 0 Å². The minimum atomic E-state index is -2.85. The predicted octanol–water partition coefficient (Wildman–Crippen LogP) is -0.608. The van der Waals surface area contributed by atoms with Gasteiger partial charge >= 0.3 is 0 Å². The molecular weight excluding hydrogens is 178 g/mol. The van der Waals surface area contributed by atoms with E-state index in [0.29, 0.717) is 19.5 Å². The largest absolute Gasteiger partial charge is 0.393 e. The fourth-order valence-corrected chi connectivity index (χ4v) is 1.21.